The van der Waals surface area contributed by atoms with Gasteiger partial charge in [0.2, 0.25) is 0 Å². The molecule has 2 heteroatoms. The molecule has 0 radical (unpaired) electrons. The number of hydrogen-bond donors (Lipinski definition) is 2. The summed E-state index contributed by atoms with van der Waals surface area (Å²) in [5, 5.41) is 31.9. The molecule has 0 amide bonds. The van der Waals surface area contributed by atoms with Gasteiger partial charge in [-0.25, -0.2) is 0 Å². The maximum atomic E-state index is 13.6. The fourth-order valence-electron chi connectivity index (χ4n) is 8.44. The van der Waals surface area contributed by atoms with Crippen LogP contribution in [-0.4, -0.2) is 10.2 Å². The SMILES string of the molecule is CCCc1ccc(CCC)c2cc3c(cc12)C(O)(c1ccccc1)c1cc2c(CCC)ccc(CCC)c2cc1C3(O)c1ccccc1. The molecule has 48 heavy (non-hydrogen) atoms. The Balaban J connectivity index is 1.70. The van der Waals surface area contributed by atoms with E-state index in [4.69, 9.17) is 0 Å². The third-order valence-electron chi connectivity index (χ3n) is 10.7. The van der Waals surface area contributed by atoms with E-state index in [1.165, 1.54) is 43.8 Å². The Bertz CT molecular complexity index is 1830. The highest BCUT2D eigenvalue weighted by Crippen LogP contribution is 2.55. The van der Waals surface area contributed by atoms with Crippen LogP contribution < -0.4 is 0 Å². The molecule has 1 aliphatic carbocycles. The summed E-state index contributed by atoms with van der Waals surface area (Å²) in [4.78, 5) is 0. The second-order valence-corrected chi connectivity index (χ2v) is 13.8. The van der Waals surface area contributed by atoms with Crippen molar-refractivity contribution < 1.29 is 10.2 Å². The third-order valence-corrected chi connectivity index (χ3v) is 10.7. The molecule has 0 heterocycles. The molecule has 0 fully saturated rings. The van der Waals surface area contributed by atoms with Crippen LogP contribution in [0.25, 0.3) is 21.5 Å². The zero-order chi connectivity index (χ0) is 33.5. The van der Waals surface area contributed by atoms with Crippen LogP contribution in [0.1, 0.15) is 109 Å². The lowest BCUT2D eigenvalue weighted by Gasteiger charge is -2.46. The van der Waals surface area contributed by atoms with Crippen LogP contribution in [0, 0.1) is 0 Å². The Kier molecular flexibility index (Phi) is 8.75. The highest BCUT2D eigenvalue weighted by molar-refractivity contribution is 5.95. The molecule has 2 nitrogen and oxygen atoms in total. The third kappa shape index (κ3) is 5.00. The fraction of sp³-hybridized carbons (Fsp3) is 0.304. The molecule has 0 saturated carbocycles. The number of aryl methyl sites for hydroxylation is 4. The number of hydrogen-bond acceptors (Lipinski definition) is 2. The van der Waals surface area contributed by atoms with E-state index in [2.05, 4.69) is 76.2 Å². The summed E-state index contributed by atoms with van der Waals surface area (Å²) in [6, 6.07) is 38.2. The average molecular weight is 633 g/mol. The summed E-state index contributed by atoms with van der Waals surface area (Å²) in [6.07, 6.45) is 7.95. The first-order valence-corrected chi connectivity index (χ1v) is 18.1. The highest BCUT2D eigenvalue weighted by atomic mass is 16.3. The van der Waals surface area contributed by atoms with Gasteiger partial charge >= 0.3 is 0 Å². The van der Waals surface area contributed by atoms with Gasteiger partial charge in [-0.1, -0.05) is 138 Å². The Labute approximate surface area is 286 Å². The van der Waals surface area contributed by atoms with Crippen LogP contribution in [0.2, 0.25) is 0 Å². The quantitative estimate of drug-likeness (QED) is 0.158. The monoisotopic (exact) mass is 632 g/mol. The first-order chi connectivity index (χ1) is 23.4. The standard InChI is InChI=1S/C46H48O2/c1-5-15-31-23-24-32(16-6-2)38-28-42-41(27-37(31)38)45(47,35-19-11-9-12-20-35)43-29-39-33(17-7-3)25-26-34(18-8-4)40(39)30-44(43)46(42,48)36-21-13-10-14-22-36/h9-14,19-30,47-48H,5-8,15-18H2,1-4H3. The topological polar surface area (TPSA) is 40.5 Å². The van der Waals surface area contributed by atoms with Crippen molar-refractivity contribution >= 4 is 21.5 Å². The van der Waals surface area contributed by atoms with E-state index in [1.807, 2.05) is 60.7 Å². The molecule has 2 N–H and O–H groups in total. The van der Waals surface area contributed by atoms with Gasteiger partial charge in [-0.2, -0.15) is 0 Å². The first kappa shape index (κ1) is 32.3. The molecule has 0 aliphatic heterocycles. The summed E-state index contributed by atoms with van der Waals surface area (Å²) in [7, 11) is 0. The molecule has 0 atom stereocenters. The first-order valence-electron chi connectivity index (χ1n) is 18.1. The van der Waals surface area contributed by atoms with Gasteiger partial charge in [-0.3, -0.25) is 0 Å². The van der Waals surface area contributed by atoms with Gasteiger partial charge in [0.25, 0.3) is 0 Å². The molecular weight excluding hydrogens is 585 g/mol. The minimum absolute atomic E-state index is 0.757. The van der Waals surface area contributed by atoms with Gasteiger partial charge in [0.15, 0.2) is 0 Å². The van der Waals surface area contributed by atoms with E-state index in [0.29, 0.717) is 0 Å². The van der Waals surface area contributed by atoms with Gasteiger partial charge in [-0.15, -0.1) is 0 Å². The molecule has 0 bridgehead atoms. The second-order valence-electron chi connectivity index (χ2n) is 13.8. The number of fused-ring (bicyclic) bond motifs is 4. The summed E-state index contributed by atoms with van der Waals surface area (Å²) in [6.45, 7) is 8.89. The molecule has 1 aliphatic rings. The van der Waals surface area contributed by atoms with Crippen LogP contribution in [0.3, 0.4) is 0 Å². The van der Waals surface area contributed by atoms with Crippen molar-refractivity contribution in [2.75, 3.05) is 0 Å². The zero-order valence-electron chi connectivity index (χ0n) is 28.9. The average Bonchev–Trinajstić information content (AvgIpc) is 3.12. The van der Waals surface area contributed by atoms with E-state index in [1.54, 1.807) is 0 Å². The fourth-order valence-corrected chi connectivity index (χ4v) is 8.44. The lowest BCUT2D eigenvalue weighted by Crippen LogP contribution is -2.44. The maximum absolute atomic E-state index is 13.6. The minimum atomic E-state index is -1.48. The molecule has 0 aromatic heterocycles. The number of benzene rings is 6. The van der Waals surface area contributed by atoms with Crippen molar-refractivity contribution in [2.45, 2.75) is 90.3 Å². The van der Waals surface area contributed by atoms with Crippen LogP contribution in [0.15, 0.2) is 109 Å². The van der Waals surface area contributed by atoms with Gasteiger partial charge in [-0.05, 0) is 105 Å². The smallest absolute Gasteiger partial charge is 0.141 e. The predicted octanol–water partition coefficient (Wildman–Crippen LogP) is 10.7. The molecule has 7 rings (SSSR count). The molecule has 6 aromatic carbocycles. The van der Waals surface area contributed by atoms with Crippen molar-refractivity contribution in [1.29, 1.82) is 0 Å². The van der Waals surface area contributed by atoms with Crippen molar-refractivity contribution in [3.63, 3.8) is 0 Å². The normalized spacial score (nSPS) is 18.6. The molecule has 0 unspecified atom stereocenters. The summed E-state index contributed by atoms with van der Waals surface area (Å²) >= 11 is 0. The minimum Gasteiger partial charge on any atom is -0.376 e. The van der Waals surface area contributed by atoms with Gasteiger partial charge in [0.05, 0.1) is 0 Å². The number of rotatable bonds is 10. The predicted molar refractivity (Wildman–Crippen MR) is 201 cm³/mol. The lowest BCUT2D eigenvalue weighted by molar-refractivity contribution is 0.0753. The van der Waals surface area contributed by atoms with E-state index in [-0.39, 0.29) is 0 Å². The Morgan fingerprint density at radius 1 is 0.375 bits per heavy atom. The van der Waals surface area contributed by atoms with Crippen LogP contribution in [0.5, 0.6) is 0 Å². The zero-order valence-corrected chi connectivity index (χ0v) is 28.9. The van der Waals surface area contributed by atoms with Crippen LogP contribution >= 0.6 is 0 Å². The van der Waals surface area contributed by atoms with E-state index < -0.39 is 11.2 Å². The summed E-state index contributed by atoms with van der Waals surface area (Å²) in [5.74, 6) is 0. The van der Waals surface area contributed by atoms with Gasteiger partial charge in [0, 0.05) is 22.3 Å². The van der Waals surface area contributed by atoms with Crippen LogP contribution in [0.4, 0.5) is 0 Å². The van der Waals surface area contributed by atoms with Crippen molar-refractivity contribution in [1.82, 2.24) is 0 Å². The lowest BCUT2D eigenvalue weighted by atomic mass is 9.62. The van der Waals surface area contributed by atoms with Crippen LogP contribution in [-0.2, 0) is 36.9 Å². The van der Waals surface area contributed by atoms with Crippen molar-refractivity contribution in [3.05, 3.63) is 165 Å². The van der Waals surface area contributed by atoms with E-state index in [9.17, 15) is 10.2 Å². The van der Waals surface area contributed by atoms with Crippen molar-refractivity contribution in [2.24, 2.45) is 0 Å². The highest BCUT2D eigenvalue weighted by Gasteiger charge is 2.51. The largest absolute Gasteiger partial charge is 0.376 e. The van der Waals surface area contributed by atoms with Gasteiger partial charge < -0.3 is 10.2 Å². The summed E-state index contributed by atoms with van der Waals surface area (Å²) < 4.78 is 0. The Hall–Kier alpha value is -4.24. The van der Waals surface area contributed by atoms with Crippen molar-refractivity contribution in [3.8, 4) is 0 Å². The second kappa shape index (κ2) is 13.0. The van der Waals surface area contributed by atoms with E-state index >= 15 is 0 Å². The van der Waals surface area contributed by atoms with Gasteiger partial charge in [0.1, 0.15) is 11.2 Å². The molecule has 0 spiro atoms. The molecular formula is C46H48O2. The molecule has 244 valence electrons. The summed E-state index contributed by atoms with van der Waals surface area (Å²) in [5.41, 5.74) is 6.82. The molecule has 0 saturated heterocycles. The Morgan fingerprint density at radius 2 is 0.625 bits per heavy atom. The maximum Gasteiger partial charge on any atom is 0.141 e. The van der Waals surface area contributed by atoms with E-state index in [0.717, 1.165) is 84.7 Å². The molecule has 6 aromatic rings. The Morgan fingerprint density at radius 3 is 0.854 bits per heavy atom. The number of aliphatic hydroxyl groups is 2.